The number of ether oxygens (including phenoxy) is 1. The second-order valence-corrected chi connectivity index (χ2v) is 8.71. The summed E-state index contributed by atoms with van der Waals surface area (Å²) in [7, 11) is 0. The van der Waals surface area contributed by atoms with Gasteiger partial charge >= 0.3 is 6.03 Å². The molecule has 1 atom stereocenters. The van der Waals surface area contributed by atoms with Crippen molar-refractivity contribution in [3.8, 4) is 5.75 Å². The fourth-order valence-corrected chi connectivity index (χ4v) is 4.05. The van der Waals surface area contributed by atoms with E-state index >= 15 is 0 Å². The van der Waals surface area contributed by atoms with Crippen LogP contribution in [-0.4, -0.2) is 35.4 Å². The Kier molecular flexibility index (Phi) is 7.36. The van der Waals surface area contributed by atoms with Crippen molar-refractivity contribution in [2.45, 2.75) is 32.9 Å². The van der Waals surface area contributed by atoms with E-state index < -0.39 is 18.0 Å². The van der Waals surface area contributed by atoms with Crippen molar-refractivity contribution in [3.63, 3.8) is 0 Å². The van der Waals surface area contributed by atoms with Gasteiger partial charge in [0.1, 0.15) is 11.8 Å². The molecule has 0 aromatic heterocycles. The highest BCUT2D eigenvalue weighted by molar-refractivity contribution is 6.30. The topological polar surface area (TPSA) is 79.0 Å². The molecule has 7 nitrogen and oxygen atoms in total. The predicted octanol–water partition coefficient (Wildman–Crippen LogP) is 5.41. The Bertz CT molecular complexity index is 1210. The normalized spacial score (nSPS) is 15.5. The molecule has 1 aliphatic heterocycles. The predicted molar refractivity (Wildman–Crippen MR) is 136 cm³/mol. The third kappa shape index (κ3) is 5.63. The van der Waals surface area contributed by atoms with Gasteiger partial charge < -0.3 is 15.0 Å². The third-order valence-electron chi connectivity index (χ3n) is 5.70. The number of anilines is 2. The molecule has 4 rings (SSSR count). The van der Waals surface area contributed by atoms with E-state index in [0.717, 1.165) is 16.0 Å². The van der Waals surface area contributed by atoms with Crippen LogP contribution in [0, 0.1) is 6.92 Å². The number of hydrogen-bond acceptors (Lipinski definition) is 4. The number of urea groups is 1. The molecule has 1 heterocycles. The van der Waals surface area contributed by atoms with Gasteiger partial charge in [-0.25, -0.2) is 9.69 Å². The first-order chi connectivity index (χ1) is 16.9. The van der Waals surface area contributed by atoms with Gasteiger partial charge in [-0.1, -0.05) is 41.4 Å². The van der Waals surface area contributed by atoms with Gasteiger partial charge in [-0.3, -0.25) is 9.59 Å². The minimum Gasteiger partial charge on any atom is -0.494 e. The minimum absolute atomic E-state index is 0.172. The zero-order chi connectivity index (χ0) is 24.9. The summed E-state index contributed by atoms with van der Waals surface area (Å²) in [5.41, 5.74) is 2.87. The highest BCUT2D eigenvalue weighted by Crippen LogP contribution is 2.29. The van der Waals surface area contributed by atoms with Crippen LogP contribution in [-0.2, 0) is 16.1 Å². The molecule has 3 aromatic rings. The zero-order valence-electron chi connectivity index (χ0n) is 19.5. The van der Waals surface area contributed by atoms with E-state index in [4.69, 9.17) is 16.3 Å². The molecular weight excluding hydrogens is 466 g/mol. The first-order valence-electron chi connectivity index (χ1n) is 11.3. The van der Waals surface area contributed by atoms with Crippen LogP contribution in [0.1, 0.15) is 24.5 Å². The summed E-state index contributed by atoms with van der Waals surface area (Å²) >= 11 is 5.99. The van der Waals surface area contributed by atoms with Gasteiger partial charge in [0.05, 0.1) is 18.7 Å². The lowest BCUT2D eigenvalue weighted by atomic mass is 10.1. The van der Waals surface area contributed by atoms with Crippen molar-refractivity contribution in [1.29, 1.82) is 0 Å². The average Bonchev–Trinajstić information content (AvgIpc) is 3.06. The summed E-state index contributed by atoms with van der Waals surface area (Å²) in [5.74, 6) is -0.105. The Morgan fingerprint density at radius 2 is 1.63 bits per heavy atom. The van der Waals surface area contributed by atoms with Crippen LogP contribution >= 0.6 is 11.6 Å². The number of amides is 4. The van der Waals surface area contributed by atoms with Gasteiger partial charge in [0.2, 0.25) is 5.91 Å². The number of carbonyl (C=O) groups is 3. The van der Waals surface area contributed by atoms with Crippen molar-refractivity contribution in [2.24, 2.45) is 0 Å². The molecular formula is C27H26ClN3O4. The molecule has 1 N–H and O–H groups in total. The van der Waals surface area contributed by atoms with Gasteiger partial charge in [0, 0.05) is 17.3 Å². The lowest BCUT2D eigenvalue weighted by Gasteiger charge is -2.21. The summed E-state index contributed by atoms with van der Waals surface area (Å²) < 4.78 is 5.42. The van der Waals surface area contributed by atoms with Gasteiger partial charge in [0.25, 0.3) is 5.91 Å². The van der Waals surface area contributed by atoms with Crippen LogP contribution in [0.4, 0.5) is 16.2 Å². The fourth-order valence-electron chi connectivity index (χ4n) is 3.92. The van der Waals surface area contributed by atoms with E-state index in [-0.39, 0.29) is 18.9 Å². The number of aryl methyl sites for hydroxylation is 1. The molecule has 1 saturated heterocycles. The second-order valence-electron chi connectivity index (χ2n) is 8.27. The van der Waals surface area contributed by atoms with E-state index in [0.29, 0.717) is 28.8 Å². The van der Waals surface area contributed by atoms with Crippen molar-refractivity contribution in [2.75, 3.05) is 16.8 Å². The maximum Gasteiger partial charge on any atom is 0.332 e. The molecule has 1 unspecified atom stereocenters. The molecule has 4 amide bonds. The minimum atomic E-state index is -0.942. The number of carbonyl (C=O) groups excluding carboxylic acids is 3. The van der Waals surface area contributed by atoms with Crippen LogP contribution in [0.15, 0.2) is 72.8 Å². The van der Waals surface area contributed by atoms with E-state index in [2.05, 4.69) is 5.32 Å². The van der Waals surface area contributed by atoms with Crippen LogP contribution in [0.2, 0.25) is 5.02 Å². The smallest absolute Gasteiger partial charge is 0.332 e. The zero-order valence-corrected chi connectivity index (χ0v) is 20.3. The van der Waals surface area contributed by atoms with Crippen molar-refractivity contribution in [3.05, 3.63) is 88.9 Å². The Labute approximate surface area is 209 Å². The Balaban J connectivity index is 1.56. The number of rotatable bonds is 8. The summed E-state index contributed by atoms with van der Waals surface area (Å²) in [6.45, 7) is 4.54. The summed E-state index contributed by atoms with van der Waals surface area (Å²) in [6, 6.07) is 19.8. The lowest BCUT2D eigenvalue weighted by Crippen LogP contribution is -2.37. The molecule has 1 aliphatic rings. The summed E-state index contributed by atoms with van der Waals surface area (Å²) in [6.07, 6.45) is -0.173. The molecule has 180 valence electrons. The molecule has 1 fully saturated rings. The standard InChI is InChI=1S/C27H26ClN3O4/c1-3-35-23-14-10-21(11-15-23)29-25(32)16-24-26(33)31(22-12-4-18(2)5-13-22)27(34)30(24)17-19-6-8-20(28)9-7-19/h4-15,24H,3,16-17H2,1-2H3,(H,29,32). The van der Waals surface area contributed by atoms with Gasteiger partial charge in [-0.2, -0.15) is 0 Å². The second kappa shape index (κ2) is 10.6. The number of halogens is 1. The van der Waals surface area contributed by atoms with Crippen molar-refractivity contribution < 1.29 is 19.1 Å². The highest BCUT2D eigenvalue weighted by atomic mass is 35.5. The SMILES string of the molecule is CCOc1ccc(NC(=O)CC2C(=O)N(c3ccc(C)cc3)C(=O)N2Cc2ccc(Cl)cc2)cc1. The average molecular weight is 492 g/mol. The van der Waals surface area contributed by atoms with Crippen LogP contribution in [0.25, 0.3) is 0 Å². The van der Waals surface area contributed by atoms with Crippen LogP contribution in [0.3, 0.4) is 0 Å². The molecule has 0 aliphatic carbocycles. The number of imide groups is 1. The molecule has 35 heavy (non-hydrogen) atoms. The van der Waals surface area contributed by atoms with Crippen molar-refractivity contribution in [1.82, 2.24) is 4.90 Å². The Morgan fingerprint density at radius 3 is 2.26 bits per heavy atom. The van der Waals surface area contributed by atoms with Crippen molar-refractivity contribution >= 4 is 40.8 Å². The van der Waals surface area contributed by atoms with Gasteiger partial charge in [0.15, 0.2) is 0 Å². The third-order valence-corrected chi connectivity index (χ3v) is 5.96. The Hall–Kier alpha value is -3.84. The molecule has 8 heteroatoms. The maximum atomic E-state index is 13.4. The molecule has 0 radical (unpaired) electrons. The monoisotopic (exact) mass is 491 g/mol. The lowest BCUT2D eigenvalue weighted by molar-refractivity contribution is -0.124. The quantitative estimate of drug-likeness (QED) is 0.427. The summed E-state index contributed by atoms with van der Waals surface area (Å²) in [5, 5.41) is 3.38. The molecule has 0 saturated carbocycles. The molecule has 0 spiro atoms. The maximum absolute atomic E-state index is 13.4. The van der Waals surface area contributed by atoms with E-state index in [9.17, 15) is 14.4 Å². The van der Waals surface area contributed by atoms with E-state index in [1.54, 1.807) is 60.7 Å². The van der Waals surface area contributed by atoms with Crippen LogP contribution < -0.4 is 15.0 Å². The van der Waals surface area contributed by atoms with Gasteiger partial charge in [-0.05, 0) is 67.9 Å². The van der Waals surface area contributed by atoms with E-state index in [1.165, 1.54) is 4.90 Å². The van der Waals surface area contributed by atoms with E-state index in [1.807, 2.05) is 26.0 Å². The van der Waals surface area contributed by atoms with Crippen LogP contribution in [0.5, 0.6) is 5.75 Å². The summed E-state index contributed by atoms with van der Waals surface area (Å²) in [4.78, 5) is 42.3. The largest absolute Gasteiger partial charge is 0.494 e. The molecule has 3 aromatic carbocycles. The first kappa shape index (κ1) is 24.3. The first-order valence-corrected chi connectivity index (χ1v) is 11.7. The Morgan fingerprint density at radius 1 is 0.971 bits per heavy atom. The molecule has 0 bridgehead atoms. The fraction of sp³-hybridized carbons (Fsp3) is 0.222. The van der Waals surface area contributed by atoms with Gasteiger partial charge in [-0.15, -0.1) is 0 Å². The highest BCUT2D eigenvalue weighted by Gasteiger charge is 2.46. The number of nitrogens with zero attached hydrogens (tertiary/aromatic N) is 2. The number of nitrogens with one attached hydrogen (secondary N) is 1. The number of hydrogen-bond donors (Lipinski definition) is 1. The number of benzene rings is 3.